The van der Waals surface area contributed by atoms with Crippen molar-refractivity contribution in [1.82, 2.24) is 10.3 Å². The molecule has 7 rings (SSSR count). The molecule has 3 fully saturated rings. The highest BCUT2D eigenvalue weighted by Crippen LogP contribution is 2.60. The van der Waals surface area contributed by atoms with Crippen LogP contribution in [0.4, 0.5) is 13.2 Å². The summed E-state index contributed by atoms with van der Waals surface area (Å²) in [5, 5.41) is 14.1. The average molecular weight is 653 g/mol. The van der Waals surface area contributed by atoms with Gasteiger partial charge >= 0.3 is 12.3 Å². The van der Waals surface area contributed by atoms with Gasteiger partial charge in [-0.2, -0.15) is 0 Å². The van der Waals surface area contributed by atoms with Crippen LogP contribution < -0.4 is 10.1 Å². The minimum Gasteiger partial charge on any atom is -0.481 e. The topological polar surface area (TPSA) is 88.5 Å². The molecule has 1 amide bonds. The maximum atomic E-state index is 14.4. The van der Waals surface area contributed by atoms with E-state index >= 15 is 0 Å². The van der Waals surface area contributed by atoms with E-state index in [1.165, 1.54) is 18.2 Å². The van der Waals surface area contributed by atoms with Crippen molar-refractivity contribution in [2.45, 2.75) is 56.8 Å². The lowest BCUT2D eigenvalue weighted by Crippen LogP contribution is -2.62. The standard InChI is InChI=1S/C33H28BrF3N2O4/c1-19-27(23-17-21(34)11-12-25(23)38-28(19)20-7-3-2-4-8-20)29(40)39-32-15-13-31(14-16-32,30(41)42)18-24(32)22-9-5-6-10-26(22)43-33(35,36)37/h2-12,17,24H,13-16,18H2,1H3,(H,39,40)(H,41,42). The molecule has 3 aliphatic rings. The van der Waals surface area contributed by atoms with E-state index in [1.807, 2.05) is 55.5 Å². The molecule has 0 spiro atoms. The van der Waals surface area contributed by atoms with Crippen LogP contribution in [-0.4, -0.2) is 33.9 Å². The number of alkyl halides is 3. The molecule has 1 atom stereocenters. The Morgan fingerprint density at radius 3 is 2.35 bits per heavy atom. The highest BCUT2D eigenvalue weighted by molar-refractivity contribution is 9.10. The van der Waals surface area contributed by atoms with Crippen LogP contribution in [0.5, 0.6) is 5.75 Å². The molecule has 222 valence electrons. The number of aliphatic carboxylic acids is 1. The molecule has 3 saturated carbocycles. The van der Waals surface area contributed by atoms with Crippen LogP contribution in [0.15, 0.2) is 77.3 Å². The number of carbonyl (C=O) groups is 2. The van der Waals surface area contributed by atoms with Gasteiger partial charge in [0.2, 0.25) is 0 Å². The van der Waals surface area contributed by atoms with Crippen molar-refractivity contribution in [2.75, 3.05) is 0 Å². The first-order valence-electron chi connectivity index (χ1n) is 14.0. The van der Waals surface area contributed by atoms with Gasteiger partial charge in [0.1, 0.15) is 5.75 Å². The summed E-state index contributed by atoms with van der Waals surface area (Å²) < 4.78 is 45.4. The number of benzene rings is 3. The number of nitrogens with zero attached hydrogens (tertiary/aromatic N) is 1. The quantitative estimate of drug-likeness (QED) is 0.219. The second-order valence-electron chi connectivity index (χ2n) is 11.5. The summed E-state index contributed by atoms with van der Waals surface area (Å²) in [6.45, 7) is 1.84. The van der Waals surface area contributed by atoms with Crippen LogP contribution in [0.25, 0.3) is 22.2 Å². The molecule has 1 aromatic heterocycles. The fraction of sp³-hybridized carbons (Fsp3) is 0.303. The van der Waals surface area contributed by atoms with Gasteiger partial charge < -0.3 is 15.2 Å². The number of aromatic nitrogens is 1. The predicted octanol–water partition coefficient (Wildman–Crippen LogP) is 8.17. The molecule has 2 N–H and O–H groups in total. The van der Waals surface area contributed by atoms with Gasteiger partial charge in [-0.15, -0.1) is 13.2 Å². The molecule has 3 aliphatic carbocycles. The summed E-state index contributed by atoms with van der Waals surface area (Å²) in [6.07, 6.45) is -3.64. The number of amides is 1. The Balaban J connectivity index is 1.48. The van der Waals surface area contributed by atoms with Gasteiger partial charge in [-0.05, 0) is 74.4 Å². The lowest BCUT2D eigenvalue weighted by atomic mass is 9.51. The molecule has 0 aliphatic heterocycles. The third-order valence-corrected chi connectivity index (χ3v) is 9.66. The molecule has 1 unspecified atom stereocenters. The number of pyridine rings is 1. The van der Waals surface area contributed by atoms with Crippen LogP contribution in [0.3, 0.4) is 0 Å². The largest absolute Gasteiger partial charge is 0.573 e. The van der Waals surface area contributed by atoms with E-state index in [1.54, 1.807) is 6.07 Å². The summed E-state index contributed by atoms with van der Waals surface area (Å²) in [5.74, 6) is -2.46. The van der Waals surface area contributed by atoms with Gasteiger partial charge in [0.05, 0.1) is 22.2 Å². The molecule has 43 heavy (non-hydrogen) atoms. The first-order chi connectivity index (χ1) is 20.4. The number of fused-ring (bicyclic) bond motifs is 4. The van der Waals surface area contributed by atoms with Crippen LogP contribution in [0, 0.1) is 12.3 Å². The summed E-state index contributed by atoms with van der Waals surface area (Å²) >= 11 is 3.50. The number of ether oxygens (including phenoxy) is 1. The maximum Gasteiger partial charge on any atom is 0.573 e. The van der Waals surface area contributed by atoms with Gasteiger partial charge in [-0.3, -0.25) is 9.59 Å². The first kappa shape index (κ1) is 29.2. The number of para-hydroxylation sites is 1. The zero-order valence-electron chi connectivity index (χ0n) is 23.2. The number of hydrogen-bond acceptors (Lipinski definition) is 4. The minimum atomic E-state index is -4.93. The molecular formula is C33H28BrF3N2O4. The van der Waals surface area contributed by atoms with Gasteiger partial charge in [-0.1, -0.05) is 64.5 Å². The normalized spacial score (nSPS) is 23.2. The molecule has 6 nitrogen and oxygen atoms in total. The Morgan fingerprint density at radius 2 is 1.67 bits per heavy atom. The van der Waals surface area contributed by atoms with Crippen molar-refractivity contribution in [3.63, 3.8) is 0 Å². The smallest absolute Gasteiger partial charge is 0.481 e. The minimum absolute atomic E-state index is 0.0811. The SMILES string of the molecule is Cc1c(-c2ccccc2)nc2ccc(Br)cc2c1C(=O)NC12CCC(C(=O)O)(CC1)CC2c1ccccc1OC(F)(F)F. The van der Waals surface area contributed by atoms with E-state index in [9.17, 15) is 27.9 Å². The van der Waals surface area contributed by atoms with Gasteiger partial charge in [0.15, 0.2) is 0 Å². The van der Waals surface area contributed by atoms with Crippen molar-refractivity contribution >= 4 is 38.7 Å². The molecule has 0 radical (unpaired) electrons. The average Bonchev–Trinajstić information content (AvgIpc) is 2.97. The lowest BCUT2D eigenvalue weighted by molar-refractivity contribution is -0.275. The third kappa shape index (κ3) is 5.26. The van der Waals surface area contributed by atoms with Crippen LogP contribution >= 0.6 is 15.9 Å². The van der Waals surface area contributed by atoms with E-state index in [0.717, 1.165) is 10.0 Å². The zero-order valence-corrected chi connectivity index (χ0v) is 24.8. The van der Waals surface area contributed by atoms with Crippen molar-refractivity contribution in [3.8, 4) is 17.0 Å². The van der Waals surface area contributed by atoms with E-state index in [0.29, 0.717) is 53.4 Å². The fourth-order valence-corrected chi connectivity index (χ4v) is 7.37. The van der Waals surface area contributed by atoms with Crippen LogP contribution in [-0.2, 0) is 4.79 Å². The molecule has 3 aromatic carbocycles. The Hall–Kier alpha value is -3.92. The highest BCUT2D eigenvalue weighted by Gasteiger charge is 2.59. The van der Waals surface area contributed by atoms with Crippen molar-refractivity contribution in [1.29, 1.82) is 0 Å². The second kappa shape index (κ2) is 10.7. The number of carboxylic acid groups (broad SMARTS) is 1. The number of halogens is 4. The van der Waals surface area contributed by atoms with Crippen molar-refractivity contribution < 1.29 is 32.6 Å². The van der Waals surface area contributed by atoms with E-state index in [2.05, 4.69) is 26.0 Å². The van der Waals surface area contributed by atoms with Gasteiger partial charge in [0, 0.05) is 26.9 Å². The van der Waals surface area contributed by atoms with Crippen molar-refractivity contribution in [3.05, 3.63) is 94.0 Å². The molecule has 1 heterocycles. The third-order valence-electron chi connectivity index (χ3n) is 9.16. The summed E-state index contributed by atoms with van der Waals surface area (Å²) in [7, 11) is 0. The van der Waals surface area contributed by atoms with E-state index in [-0.39, 0.29) is 23.6 Å². The Bertz CT molecular complexity index is 1730. The zero-order chi connectivity index (χ0) is 30.6. The number of hydrogen-bond donors (Lipinski definition) is 2. The summed E-state index contributed by atoms with van der Waals surface area (Å²) in [5.41, 5.74) is 1.34. The Morgan fingerprint density at radius 1 is 1.00 bits per heavy atom. The number of rotatable bonds is 6. The predicted molar refractivity (Wildman–Crippen MR) is 159 cm³/mol. The fourth-order valence-electron chi connectivity index (χ4n) is 7.01. The van der Waals surface area contributed by atoms with E-state index < -0.39 is 29.2 Å². The number of carboxylic acids is 1. The summed E-state index contributed by atoms with van der Waals surface area (Å²) in [4.78, 5) is 31.8. The van der Waals surface area contributed by atoms with Crippen LogP contribution in [0.2, 0.25) is 0 Å². The lowest BCUT2D eigenvalue weighted by Gasteiger charge is -2.56. The second-order valence-corrected chi connectivity index (χ2v) is 12.4. The summed E-state index contributed by atoms with van der Waals surface area (Å²) in [6, 6.07) is 20.8. The molecule has 2 bridgehead atoms. The molecule has 0 saturated heterocycles. The Kier molecular flexibility index (Phi) is 7.23. The Labute approximate surface area is 254 Å². The highest BCUT2D eigenvalue weighted by atomic mass is 79.9. The monoisotopic (exact) mass is 652 g/mol. The van der Waals surface area contributed by atoms with Gasteiger partial charge in [-0.25, -0.2) is 4.98 Å². The molecule has 4 aromatic rings. The molecular weight excluding hydrogens is 625 g/mol. The maximum absolute atomic E-state index is 14.4. The van der Waals surface area contributed by atoms with E-state index in [4.69, 9.17) is 4.98 Å². The van der Waals surface area contributed by atoms with Crippen LogP contribution in [0.1, 0.15) is 59.5 Å². The number of nitrogens with one attached hydrogen (secondary N) is 1. The molecule has 10 heteroatoms. The van der Waals surface area contributed by atoms with Crippen molar-refractivity contribution in [2.24, 2.45) is 5.41 Å². The van der Waals surface area contributed by atoms with Gasteiger partial charge in [0.25, 0.3) is 5.91 Å². The number of carbonyl (C=O) groups excluding carboxylic acids is 1. The first-order valence-corrected chi connectivity index (χ1v) is 14.8.